The summed E-state index contributed by atoms with van der Waals surface area (Å²) in [6, 6.07) is 16.1. The number of hydrogen-bond acceptors (Lipinski definition) is 7. The molecule has 2 aromatic carbocycles. The Labute approximate surface area is 191 Å². The Morgan fingerprint density at radius 3 is 2.61 bits per heavy atom. The first-order chi connectivity index (χ1) is 15.9. The van der Waals surface area contributed by atoms with Crippen LogP contribution in [0.5, 0.6) is 11.5 Å². The molecule has 1 atom stereocenters. The first kappa shape index (κ1) is 20.0. The van der Waals surface area contributed by atoms with E-state index in [1.54, 1.807) is 0 Å². The molecule has 2 aliphatic heterocycles. The van der Waals surface area contributed by atoms with Crippen molar-refractivity contribution in [3.05, 3.63) is 65.4 Å². The Morgan fingerprint density at radius 1 is 0.970 bits per heavy atom. The number of benzene rings is 2. The fourth-order valence-electron chi connectivity index (χ4n) is 4.11. The highest BCUT2D eigenvalue weighted by atomic mass is 16.7. The third kappa shape index (κ3) is 3.66. The largest absolute Gasteiger partial charge is 0.454 e. The van der Waals surface area contributed by atoms with Crippen LogP contribution in [-0.4, -0.2) is 26.7 Å². The van der Waals surface area contributed by atoms with E-state index < -0.39 is 0 Å². The Bertz CT molecular complexity index is 1320. The number of rotatable bonds is 3. The molecule has 0 spiro atoms. The molecule has 0 fully saturated rings. The van der Waals surface area contributed by atoms with Gasteiger partial charge < -0.3 is 18.7 Å². The van der Waals surface area contributed by atoms with Gasteiger partial charge in [-0.3, -0.25) is 4.68 Å². The molecule has 2 aliphatic rings. The molecular formula is C25H24N4O4. The lowest BCUT2D eigenvalue weighted by Crippen LogP contribution is -2.21. The first-order valence-corrected chi connectivity index (χ1v) is 11.0. The van der Waals surface area contributed by atoms with Crippen LogP contribution in [0.4, 0.5) is 0 Å². The molecule has 0 aliphatic carbocycles. The fourth-order valence-corrected chi connectivity index (χ4v) is 4.11. The zero-order chi connectivity index (χ0) is 22.6. The van der Waals surface area contributed by atoms with E-state index in [0.717, 1.165) is 28.3 Å². The molecule has 8 heteroatoms. The molecule has 168 valence electrons. The summed E-state index contributed by atoms with van der Waals surface area (Å²) < 4.78 is 24.5. The number of aromatic nitrogens is 4. The van der Waals surface area contributed by atoms with Crippen LogP contribution in [0.2, 0.25) is 0 Å². The lowest BCUT2D eigenvalue weighted by molar-refractivity contribution is -0.00122. The third-order valence-electron chi connectivity index (χ3n) is 6.06. The SMILES string of the molecule is CC(C)(C)c1ccc(-c2noc(-c3cc4n(n3)C[C@@H](c3ccc5c(c3)OCO5)OC4)n2)cc1. The van der Waals surface area contributed by atoms with E-state index >= 15 is 0 Å². The average Bonchev–Trinajstić information content (AvgIpc) is 3.56. The normalized spacial score (nSPS) is 17.2. The summed E-state index contributed by atoms with van der Waals surface area (Å²) in [5, 5.41) is 8.87. The van der Waals surface area contributed by atoms with Gasteiger partial charge in [-0.05, 0) is 34.7 Å². The van der Waals surface area contributed by atoms with Crippen LogP contribution < -0.4 is 9.47 Å². The highest BCUT2D eigenvalue weighted by Crippen LogP contribution is 2.37. The molecule has 0 N–H and O–H groups in total. The number of hydrogen-bond donors (Lipinski definition) is 0. The predicted octanol–water partition coefficient (Wildman–Crippen LogP) is 4.90. The van der Waals surface area contributed by atoms with Gasteiger partial charge in [0.1, 0.15) is 6.10 Å². The topological polar surface area (TPSA) is 84.4 Å². The monoisotopic (exact) mass is 444 g/mol. The van der Waals surface area contributed by atoms with Crippen LogP contribution in [0.25, 0.3) is 23.0 Å². The average molecular weight is 444 g/mol. The maximum Gasteiger partial charge on any atom is 0.278 e. The highest BCUT2D eigenvalue weighted by molar-refractivity contribution is 5.58. The Kier molecular flexibility index (Phi) is 4.51. The standard InChI is InChI=1S/C25H24N4O4/c1-25(2,3)17-7-4-15(5-8-17)23-26-24(33-28-23)19-11-18-13-30-22(12-29(18)27-19)16-6-9-20-21(10-16)32-14-31-20/h4-11,22H,12-14H2,1-3H3/t22-/m0/s1. The third-order valence-corrected chi connectivity index (χ3v) is 6.06. The molecule has 0 saturated heterocycles. The minimum atomic E-state index is -0.126. The number of ether oxygens (including phenoxy) is 3. The zero-order valence-corrected chi connectivity index (χ0v) is 18.7. The van der Waals surface area contributed by atoms with Crippen molar-refractivity contribution in [2.75, 3.05) is 6.79 Å². The number of nitrogens with zero attached hydrogens (tertiary/aromatic N) is 4. The molecule has 0 saturated carbocycles. The second-order valence-corrected chi connectivity index (χ2v) is 9.37. The molecule has 33 heavy (non-hydrogen) atoms. The van der Waals surface area contributed by atoms with Crippen molar-refractivity contribution in [1.82, 2.24) is 19.9 Å². The second kappa shape index (κ2) is 7.45. The van der Waals surface area contributed by atoms with Gasteiger partial charge in [0.25, 0.3) is 5.89 Å². The van der Waals surface area contributed by atoms with Crippen molar-refractivity contribution >= 4 is 0 Å². The zero-order valence-electron chi connectivity index (χ0n) is 18.7. The van der Waals surface area contributed by atoms with E-state index in [1.807, 2.05) is 41.1 Å². The highest BCUT2D eigenvalue weighted by Gasteiger charge is 2.26. The second-order valence-electron chi connectivity index (χ2n) is 9.37. The lowest BCUT2D eigenvalue weighted by Gasteiger charge is -2.24. The fraction of sp³-hybridized carbons (Fsp3) is 0.320. The maximum absolute atomic E-state index is 6.09. The number of fused-ring (bicyclic) bond motifs is 2. The molecule has 0 unspecified atom stereocenters. The van der Waals surface area contributed by atoms with Gasteiger partial charge in [0, 0.05) is 5.56 Å². The van der Waals surface area contributed by atoms with Gasteiger partial charge in [0.15, 0.2) is 17.2 Å². The summed E-state index contributed by atoms with van der Waals surface area (Å²) in [5.41, 5.74) is 4.90. The molecule has 4 aromatic rings. The van der Waals surface area contributed by atoms with Gasteiger partial charge in [-0.2, -0.15) is 10.1 Å². The van der Waals surface area contributed by atoms with E-state index in [4.69, 9.17) is 23.8 Å². The van der Waals surface area contributed by atoms with Crippen LogP contribution >= 0.6 is 0 Å². The van der Waals surface area contributed by atoms with Gasteiger partial charge in [-0.15, -0.1) is 0 Å². The van der Waals surface area contributed by atoms with E-state index in [-0.39, 0.29) is 18.3 Å². The van der Waals surface area contributed by atoms with Gasteiger partial charge in [0.05, 0.1) is 18.8 Å². The predicted molar refractivity (Wildman–Crippen MR) is 120 cm³/mol. The minimum absolute atomic E-state index is 0.0942. The van der Waals surface area contributed by atoms with Crippen molar-refractivity contribution in [3.63, 3.8) is 0 Å². The summed E-state index contributed by atoms with van der Waals surface area (Å²) in [7, 11) is 0. The molecule has 6 rings (SSSR count). The van der Waals surface area contributed by atoms with Crippen LogP contribution in [0, 0.1) is 0 Å². The van der Waals surface area contributed by atoms with Crippen molar-refractivity contribution in [3.8, 4) is 34.5 Å². The maximum atomic E-state index is 6.09. The van der Waals surface area contributed by atoms with Crippen LogP contribution in [0.15, 0.2) is 53.1 Å². The summed E-state index contributed by atoms with van der Waals surface area (Å²) in [6.45, 7) is 7.86. The van der Waals surface area contributed by atoms with Crippen LogP contribution in [-0.2, 0) is 23.3 Å². The molecule has 0 amide bonds. The first-order valence-electron chi connectivity index (χ1n) is 11.0. The van der Waals surface area contributed by atoms with Crippen molar-refractivity contribution < 1.29 is 18.7 Å². The van der Waals surface area contributed by atoms with Gasteiger partial charge in [-0.1, -0.05) is 56.3 Å². The van der Waals surface area contributed by atoms with Gasteiger partial charge >= 0.3 is 0 Å². The van der Waals surface area contributed by atoms with Crippen molar-refractivity contribution in [2.24, 2.45) is 0 Å². The van der Waals surface area contributed by atoms with Crippen molar-refractivity contribution in [1.29, 1.82) is 0 Å². The minimum Gasteiger partial charge on any atom is -0.454 e. The molecular weight excluding hydrogens is 420 g/mol. The Hall–Kier alpha value is -3.65. The molecule has 2 aromatic heterocycles. The Balaban J connectivity index is 1.22. The van der Waals surface area contributed by atoms with Crippen molar-refractivity contribution in [2.45, 2.75) is 45.4 Å². The molecule has 8 nitrogen and oxygen atoms in total. The van der Waals surface area contributed by atoms with Crippen LogP contribution in [0.3, 0.4) is 0 Å². The molecule has 0 bridgehead atoms. The van der Waals surface area contributed by atoms with E-state index in [2.05, 4.69) is 43.0 Å². The van der Waals surface area contributed by atoms with E-state index in [0.29, 0.717) is 30.6 Å². The summed E-state index contributed by atoms with van der Waals surface area (Å²) >= 11 is 0. The Morgan fingerprint density at radius 2 is 1.79 bits per heavy atom. The van der Waals surface area contributed by atoms with Gasteiger partial charge in [-0.25, -0.2) is 0 Å². The van der Waals surface area contributed by atoms with Crippen LogP contribution in [0.1, 0.15) is 43.7 Å². The van der Waals surface area contributed by atoms with E-state index in [1.165, 1.54) is 5.56 Å². The van der Waals surface area contributed by atoms with Gasteiger partial charge in [0.2, 0.25) is 12.6 Å². The van der Waals surface area contributed by atoms with E-state index in [9.17, 15) is 0 Å². The molecule has 0 radical (unpaired) electrons. The quantitative estimate of drug-likeness (QED) is 0.444. The summed E-state index contributed by atoms with van der Waals surface area (Å²) in [6.07, 6.45) is -0.126. The lowest BCUT2D eigenvalue weighted by atomic mass is 9.87. The summed E-state index contributed by atoms with van der Waals surface area (Å²) in [5.74, 6) is 2.45. The smallest absolute Gasteiger partial charge is 0.278 e. The molecule has 4 heterocycles. The summed E-state index contributed by atoms with van der Waals surface area (Å²) in [4.78, 5) is 4.58.